The number of hydrogen-bond donors (Lipinski definition) is 2. The minimum atomic E-state index is 0.00141. The minimum Gasteiger partial charge on any atom is -0.497 e. The van der Waals surface area contributed by atoms with E-state index in [9.17, 15) is 10.1 Å². The molecule has 2 aromatic heterocycles. The van der Waals surface area contributed by atoms with Crippen LogP contribution in [0, 0.1) is 11.3 Å². The first-order valence-corrected chi connectivity index (χ1v) is 12.4. The highest BCUT2D eigenvalue weighted by atomic mass is 32.2. The fraction of sp³-hybridized carbons (Fsp3) is 0.360. The number of fused-ring (bicyclic) bond motifs is 2. The van der Waals surface area contributed by atoms with Crippen molar-refractivity contribution in [3.05, 3.63) is 53.3 Å². The van der Waals surface area contributed by atoms with E-state index in [1.54, 1.807) is 13.3 Å². The molecule has 2 aliphatic heterocycles. The van der Waals surface area contributed by atoms with E-state index in [1.807, 2.05) is 30.3 Å². The molecule has 8 nitrogen and oxygen atoms in total. The van der Waals surface area contributed by atoms with Crippen LogP contribution >= 0.6 is 11.8 Å². The van der Waals surface area contributed by atoms with Crippen molar-refractivity contribution in [3.8, 4) is 11.8 Å². The van der Waals surface area contributed by atoms with E-state index in [-0.39, 0.29) is 5.91 Å². The van der Waals surface area contributed by atoms with E-state index in [0.717, 1.165) is 65.3 Å². The standard InChI is InChI=1S/C25H26N6O2S/c1-33-19-3-4-22-21(10-19)20(16(11-26)12-28-22)7-9-31-8-6-18(14-31)27-13-17-2-5-23-25(29-17)30-24(32)15-34-23/h2-5,10,12,18,27H,6-9,13-15H2,1H3,(H,29,30,32). The Kier molecular flexibility index (Phi) is 6.63. The maximum absolute atomic E-state index is 11.6. The fourth-order valence-corrected chi connectivity index (χ4v) is 5.30. The summed E-state index contributed by atoms with van der Waals surface area (Å²) in [5, 5.41) is 17.1. The molecular formula is C25H26N6O2S. The molecule has 1 aromatic carbocycles. The number of nitrogens with one attached hydrogen (secondary N) is 2. The lowest BCUT2D eigenvalue weighted by Gasteiger charge is -2.19. The van der Waals surface area contributed by atoms with Crippen LogP contribution in [0.1, 0.15) is 23.2 Å². The van der Waals surface area contributed by atoms with Gasteiger partial charge in [0.2, 0.25) is 5.91 Å². The summed E-state index contributed by atoms with van der Waals surface area (Å²) in [5.41, 5.74) is 3.46. The Bertz CT molecular complexity index is 1270. The summed E-state index contributed by atoms with van der Waals surface area (Å²) in [6.45, 7) is 3.51. The van der Waals surface area contributed by atoms with Gasteiger partial charge in [0.25, 0.3) is 0 Å². The zero-order valence-electron chi connectivity index (χ0n) is 19.0. The molecule has 1 amide bonds. The predicted octanol–water partition coefficient (Wildman–Crippen LogP) is 2.96. The first-order chi connectivity index (χ1) is 16.6. The zero-order chi connectivity index (χ0) is 23.5. The molecule has 5 rings (SSSR count). The van der Waals surface area contributed by atoms with Crippen LogP contribution in [0.25, 0.3) is 10.9 Å². The van der Waals surface area contributed by atoms with Gasteiger partial charge in [0.15, 0.2) is 0 Å². The highest BCUT2D eigenvalue weighted by Crippen LogP contribution is 2.30. The molecule has 1 fully saturated rings. The highest BCUT2D eigenvalue weighted by molar-refractivity contribution is 8.00. The molecule has 0 radical (unpaired) electrons. The van der Waals surface area contributed by atoms with Crippen LogP contribution in [-0.4, -0.2) is 59.3 Å². The van der Waals surface area contributed by atoms with Crippen molar-refractivity contribution in [1.82, 2.24) is 20.2 Å². The number of anilines is 1. The van der Waals surface area contributed by atoms with E-state index in [2.05, 4.69) is 31.6 Å². The Morgan fingerprint density at radius 1 is 1.35 bits per heavy atom. The number of ether oxygens (including phenoxy) is 1. The second-order valence-electron chi connectivity index (χ2n) is 8.55. The van der Waals surface area contributed by atoms with Crippen molar-refractivity contribution >= 4 is 34.4 Å². The number of benzene rings is 1. The molecule has 1 saturated heterocycles. The number of nitrogens with zero attached hydrogens (tertiary/aromatic N) is 4. The SMILES string of the molecule is COc1ccc2ncc(C#N)c(CCN3CCC(NCc4ccc5c(n4)NC(=O)CS5)C3)c2c1. The summed E-state index contributed by atoms with van der Waals surface area (Å²) in [7, 11) is 1.65. The van der Waals surface area contributed by atoms with Gasteiger partial charge in [-0.15, -0.1) is 11.8 Å². The van der Waals surface area contributed by atoms with E-state index in [4.69, 9.17) is 4.74 Å². The van der Waals surface area contributed by atoms with Crippen molar-refractivity contribution in [3.63, 3.8) is 0 Å². The second-order valence-corrected chi connectivity index (χ2v) is 9.57. The maximum atomic E-state index is 11.6. The first-order valence-electron chi connectivity index (χ1n) is 11.4. The largest absolute Gasteiger partial charge is 0.497 e. The van der Waals surface area contributed by atoms with E-state index < -0.39 is 0 Å². The summed E-state index contributed by atoms with van der Waals surface area (Å²) in [5.74, 6) is 1.89. The van der Waals surface area contributed by atoms with Gasteiger partial charge >= 0.3 is 0 Å². The number of nitriles is 1. The summed E-state index contributed by atoms with van der Waals surface area (Å²) in [6, 6.07) is 12.5. The van der Waals surface area contributed by atoms with E-state index in [0.29, 0.717) is 29.7 Å². The number of pyridine rings is 2. The number of carbonyl (C=O) groups excluding carboxylic acids is 1. The number of thioether (sulfide) groups is 1. The molecule has 1 atom stereocenters. The molecule has 2 aliphatic rings. The van der Waals surface area contributed by atoms with Gasteiger partial charge in [0, 0.05) is 37.3 Å². The average Bonchev–Trinajstić information content (AvgIpc) is 3.33. The molecule has 1 unspecified atom stereocenters. The smallest absolute Gasteiger partial charge is 0.235 e. The molecular weight excluding hydrogens is 448 g/mol. The molecule has 0 bridgehead atoms. The van der Waals surface area contributed by atoms with Gasteiger partial charge in [0.05, 0.1) is 34.5 Å². The highest BCUT2D eigenvalue weighted by Gasteiger charge is 2.23. The van der Waals surface area contributed by atoms with Crippen LogP contribution in [0.4, 0.5) is 5.82 Å². The van der Waals surface area contributed by atoms with Crippen LogP contribution in [0.5, 0.6) is 5.75 Å². The molecule has 0 saturated carbocycles. The van der Waals surface area contributed by atoms with Gasteiger partial charge < -0.3 is 20.3 Å². The molecule has 0 aliphatic carbocycles. The van der Waals surface area contributed by atoms with Crippen molar-refractivity contribution in [2.45, 2.75) is 30.3 Å². The summed E-state index contributed by atoms with van der Waals surface area (Å²) >= 11 is 1.53. The lowest BCUT2D eigenvalue weighted by Crippen LogP contribution is -2.33. The quantitative estimate of drug-likeness (QED) is 0.539. The zero-order valence-corrected chi connectivity index (χ0v) is 19.8. The third-order valence-electron chi connectivity index (χ3n) is 6.36. The lowest BCUT2D eigenvalue weighted by atomic mass is 10.0. The number of carbonyl (C=O) groups is 1. The van der Waals surface area contributed by atoms with Crippen LogP contribution in [0.2, 0.25) is 0 Å². The van der Waals surface area contributed by atoms with Crippen molar-refractivity contribution in [1.29, 1.82) is 5.26 Å². The minimum absolute atomic E-state index is 0.00141. The van der Waals surface area contributed by atoms with Crippen LogP contribution in [-0.2, 0) is 17.8 Å². The number of amides is 1. The first kappa shape index (κ1) is 22.6. The Morgan fingerprint density at radius 3 is 3.12 bits per heavy atom. The Labute approximate surface area is 202 Å². The summed E-state index contributed by atoms with van der Waals surface area (Å²) in [6.07, 6.45) is 3.52. The van der Waals surface area contributed by atoms with Gasteiger partial charge in [-0.25, -0.2) is 4.98 Å². The normalized spacial score (nSPS) is 17.9. The van der Waals surface area contributed by atoms with Crippen LogP contribution < -0.4 is 15.4 Å². The molecule has 0 spiro atoms. The Hall–Kier alpha value is -3.19. The topological polar surface area (TPSA) is 103 Å². The second kappa shape index (κ2) is 9.97. The van der Waals surface area contributed by atoms with Gasteiger partial charge in [0.1, 0.15) is 17.6 Å². The molecule has 34 heavy (non-hydrogen) atoms. The van der Waals surface area contributed by atoms with Crippen LogP contribution in [0.15, 0.2) is 41.4 Å². The lowest BCUT2D eigenvalue weighted by molar-refractivity contribution is -0.113. The average molecular weight is 475 g/mol. The van der Waals surface area contributed by atoms with Crippen molar-refractivity contribution in [2.24, 2.45) is 0 Å². The number of hydrogen-bond acceptors (Lipinski definition) is 8. The van der Waals surface area contributed by atoms with E-state index >= 15 is 0 Å². The van der Waals surface area contributed by atoms with Crippen molar-refractivity contribution < 1.29 is 9.53 Å². The van der Waals surface area contributed by atoms with Gasteiger partial charge in [-0.1, -0.05) is 0 Å². The van der Waals surface area contributed by atoms with Crippen LogP contribution in [0.3, 0.4) is 0 Å². The number of rotatable bonds is 7. The van der Waals surface area contributed by atoms with Gasteiger partial charge in [-0.2, -0.15) is 5.26 Å². The Balaban J connectivity index is 1.19. The molecule has 2 N–H and O–H groups in total. The van der Waals surface area contributed by atoms with Gasteiger partial charge in [-0.3, -0.25) is 9.78 Å². The third-order valence-corrected chi connectivity index (χ3v) is 7.41. The summed E-state index contributed by atoms with van der Waals surface area (Å²) in [4.78, 5) is 24.1. The van der Waals surface area contributed by atoms with Crippen molar-refractivity contribution in [2.75, 3.05) is 37.8 Å². The number of likely N-dealkylation sites (tertiary alicyclic amines) is 1. The monoisotopic (exact) mass is 474 g/mol. The predicted molar refractivity (Wildman–Crippen MR) is 132 cm³/mol. The summed E-state index contributed by atoms with van der Waals surface area (Å²) < 4.78 is 5.39. The molecule has 3 aromatic rings. The van der Waals surface area contributed by atoms with Gasteiger partial charge in [-0.05, 0) is 55.3 Å². The molecule has 174 valence electrons. The van der Waals surface area contributed by atoms with E-state index in [1.165, 1.54) is 11.8 Å². The number of methoxy groups -OCH3 is 1. The maximum Gasteiger partial charge on any atom is 0.235 e. The Morgan fingerprint density at radius 2 is 2.26 bits per heavy atom. The molecule has 4 heterocycles. The third kappa shape index (κ3) is 4.85. The number of aromatic nitrogens is 2. The fourth-order valence-electron chi connectivity index (χ4n) is 4.54. The molecule has 9 heteroatoms.